The SMILES string of the molecule is NCc1c(N2CCCOSO2)cnn1CC1(Nc2ccc(F)c(F)c2)CC1. The Balaban J connectivity index is 1.51. The van der Waals surface area contributed by atoms with E-state index in [0.717, 1.165) is 49.0 Å². The summed E-state index contributed by atoms with van der Waals surface area (Å²) >= 11 is 0.946. The maximum atomic E-state index is 13.5. The first kappa shape index (κ1) is 18.5. The average molecular weight is 397 g/mol. The molecule has 0 radical (unpaired) electrons. The second-order valence-electron chi connectivity index (χ2n) is 6.79. The van der Waals surface area contributed by atoms with Crippen LogP contribution in [0.1, 0.15) is 25.0 Å². The number of hydrogen-bond donors (Lipinski definition) is 2. The lowest BCUT2D eigenvalue weighted by Gasteiger charge is -2.22. The van der Waals surface area contributed by atoms with Crippen LogP contribution in [0.25, 0.3) is 0 Å². The molecule has 0 spiro atoms. The third kappa shape index (κ3) is 4.03. The largest absolute Gasteiger partial charge is 0.378 e. The van der Waals surface area contributed by atoms with Gasteiger partial charge in [0.05, 0.1) is 30.6 Å². The summed E-state index contributed by atoms with van der Waals surface area (Å²) in [7, 11) is 0. The topological polar surface area (TPSA) is 77.6 Å². The second-order valence-corrected chi connectivity index (χ2v) is 7.31. The van der Waals surface area contributed by atoms with Crippen LogP contribution < -0.4 is 16.1 Å². The molecule has 1 aliphatic heterocycles. The van der Waals surface area contributed by atoms with E-state index in [1.165, 1.54) is 6.07 Å². The third-order valence-electron chi connectivity index (χ3n) is 4.78. The fourth-order valence-corrected chi connectivity index (χ4v) is 3.61. The van der Waals surface area contributed by atoms with Crippen LogP contribution in [0.2, 0.25) is 0 Å². The van der Waals surface area contributed by atoms with Crippen LogP contribution in [-0.4, -0.2) is 28.5 Å². The highest BCUT2D eigenvalue weighted by Crippen LogP contribution is 2.41. The summed E-state index contributed by atoms with van der Waals surface area (Å²) in [6, 6.07) is 3.84. The van der Waals surface area contributed by atoms with Crippen molar-refractivity contribution >= 4 is 23.7 Å². The van der Waals surface area contributed by atoms with E-state index in [2.05, 4.69) is 10.4 Å². The monoisotopic (exact) mass is 397 g/mol. The highest BCUT2D eigenvalue weighted by Gasteiger charge is 2.44. The molecule has 1 aromatic carbocycles. The number of nitrogens with one attached hydrogen (secondary N) is 1. The third-order valence-corrected chi connectivity index (χ3v) is 5.28. The van der Waals surface area contributed by atoms with Gasteiger partial charge < -0.3 is 11.1 Å². The normalized spacial score (nSPS) is 19.0. The second kappa shape index (κ2) is 7.63. The van der Waals surface area contributed by atoms with E-state index >= 15 is 0 Å². The molecule has 0 unspecified atom stereocenters. The highest BCUT2D eigenvalue weighted by molar-refractivity contribution is 7.89. The number of nitrogens with zero attached hydrogens (tertiary/aromatic N) is 3. The first-order valence-electron chi connectivity index (χ1n) is 8.82. The van der Waals surface area contributed by atoms with Gasteiger partial charge in [0.1, 0.15) is 5.69 Å². The maximum absolute atomic E-state index is 13.5. The van der Waals surface area contributed by atoms with Crippen molar-refractivity contribution in [3.05, 3.63) is 41.7 Å². The van der Waals surface area contributed by atoms with E-state index in [1.807, 2.05) is 4.68 Å². The van der Waals surface area contributed by atoms with Crippen LogP contribution in [0, 0.1) is 11.6 Å². The molecule has 0 atom stereocenters. The maximum Gasteiger partial charge on any atom is 0.185 e. The van der Waals surface area contributed by atoms with Gasteiger partial charge in [-0.3, -0.25) is 8.86 Å². The molecular weight excluding hydrogens is 376 g/mol. The van der Waals surface area contributed by atoms with Crippen molar-refractivity contribution < 1.29 is 17.2 Å². The van der Waals surface area contributed by atoms with Gasteiger partial charge in [0.25, 0.3) is 0 Å². The molecule has 0 amide bonds. The molecule has 0 bridgehead atoms. The van der Waals surface area contributed by atoms with Crippen molar-refractivity contribution in [3.8, 4) is 0 Å². The van der Waals surface area contributed by atoms with E-state index in [4.69, 9.17) is 14.2 Å². The number of rotatable bonds is 6. The van der Waals surface area contributed by atoms with Gasteiger partial charge in [-0.15, -0.1) is 0 Å². The number of hydrogen-bond acceptors (Lipinski definition) is 7. The molecule has 1 saturated carbocycles. The van der Waals surface area contributed by atoms with Crippen LogP contribution in [0.5, 0.6) is 0 Å². The molecule has 2 aromatic rings. The summed E-state index contributed by atoms with van der Waals surface area (Å²) in [4.78, 5) is 0. The minimum atomic E-state index is -0.863. The quantitative estimate of drug-likeness (QED) is 0.726. The van der Waals surface area contributed by atoms with Crippen molar-refractivity contribution in [3.63, 3.8) is 0 Å². The number of hydroxylamine groups is 1. The predicted octanol–water partition coefficient (Wildman–Crippen LogP) is 2.99. The van der Waals surface area contributed by atoms with Crippen LogP contribution in [0.4, 0.5) is 20.2 Å². The first-order valence-corrected chi connectivity index (χ1v) is 9.49. The fourth-order valence-electron chi connectivity index (χ4n) is 3.15. The van der Waals surface area contributed by atoms with Gasteiger partial charge in [-0.25, -0.2) is 13.8 Å². The Labute approximate surface area is 160 Å². The van der Waals surface area contributed by atoms with E-state index < -0.39 is 11.6 Å². The van der Waals surface area contributed by atoms with Gasteiger partial charge in [-0.2, -0.15) is 9.38 Å². The van der Waals surface area contributed by atoms with Gasteiger partial charge in [0.15, 0.2) is 24.0 Å². The summed E-state index contributed by atoms with van der Waals surface area (Å²) in [5.74, 6) is -1.72. The van der Waals surface area contributed by atoms with Crippen molar-refractivity contribution in [2.75, 3.05) is 23.5 Å². The molecule has 10 heteroatoms. The average Bonchev–Trinajstić information content (AvgIpc) is 3.37. The molecule has 27 heavy (non-hydrogen) atoms. The fraction of sp³-hybridized carbons (Fsp3) is 0.471. The van der Waals surface area contributed by atoms with E-state index in [0.29, 0.717) is 31.9 Å². The van der Waals surface area contributed by atoms with Gasteiger partial charge in [0, 0.05) is 24.8 Å². The van der Waals surface area contributed by atoms with Crippen LogP contribution in [-0.2, 0) is 21.6 Å². The van der Waals surface area contributed by atoms with E-state index in [-0.39, 0.29) is 5.54 Å². The Hall–Kier alpha value is -1.88. The van der Waals surface area contributed by atoms with Crippen molar-refractivity contribution in [1.29, 1.82) is 0 Å². The Morgan fingerprint density at radius 1 is 1.30 bits per heavy atom. The minimum Gasteiger partial charge on any atom is -0.378 e. The zero-order valence-electron chi connectivity index (χ0n) is 14.7. The molecule has 146 valence electrons. The number of halogens is 2. The molecule has 1 saturated heterocycles. The summed E-state index contributed by atoms with van der Waals surface area (Å²) in [5.41, 5.74) is 7.97. The zero-order valence-corrected chi connectivity index (χ0v) is 15.5. The van der Waals surface area contributed by atoms with E-state index in [9.17, 15) is 8.78 Å². The predicted molar refractivity (Wildman–Crippen MR) is 98.7 cm³/mol. The molecule has 7 nitrogen and oxygen atoms in total. The van der Waals surface area contributed by atoms with Gasteiger partial charge >= 0.3 is 0 Å². The molecule has 2 aliphatic rings. The Bertz CT molecular complexity index is 807. The molecule has 1 aromatic heterocycles. The molecule has 2 heterocycles. The first-order chi connectivity index (χ1) is 13.1. The Morgan fingerprint density at radius 3 is 2.89 bits per heavy atom. The molecule has 2 fully saturated rings. The van der Waals surface area contributed by atoms with E-state index in [1.54, 1.807) is 17.3 Å². The summed E-state index contributed by atoms with van der Waals surface area (Å²) in [6.45, 7) is 2.19. The van der Waals surface area contributed by atoms with Gasteiger partial charge in [-0.05, 0) is 31.4 Å². The summed E-state index contributed by atoms with van der Waals surface area (Å²) in [5, 5.41) is 9.54. The lowest BCUT2D eigenvalue weighted by Crippen LogP contribution is -2.30. The number of nitrogens with two attached hydrogens (primary N) is 1. The van der Waals surface area contributed by atoms with Gasteiger partial charge in [-0.1, -0.05) is 0 Å². The number of aromatic nitrogens is 2. The lowest BCUT2D eigenvalue weighted by atomic mass is 10.2. The van der Waals surface area contributed by atoms with Crippen molar-refractivity contribution in [1.82, 2.24) is 9.78 Å². The zero-order chi connectivity index (χ0) is 18.9. The standard InChI is InChI=1S/C17H21F2N5O2S/c18-13-3-2-12(8-14(13)19)22-17(4-5-17)11-23-15(9-20)16(10-21-23)24-6-1-7-25-27-26-24/h2-3,8,10,22H,1,4-7,9,11,20H2. The minimum absolute atomic E-state index is 0.241. The van der Waals surface area contributed by atoms with Crippen LogP contribution >= 0.6 is 12.3 Å². The lowest BCUT2D eigenvalue weighted by molar-refractivity contribution is 0.308. The molecule has 3 N–H and O–H groups in total. The van der Waals surface area contributed by atoms with Gasteiger partial charge in [0.2, 0.25) is 0 Å². The molecule has 4 rings (SSSR count). The number of anilines is 2. The summed E-state index contributed by atoms with van der Waals surface area (Å²) in [6.07, 6.45) is 4.40. The van der Waals surface area contributed by atoms with Crippen molar-refractivity contribution in [2.24, 2.45) is 5.73 Å². The summed E-state index contributed by atoms with van der Waals surface area (Å²) < 4.78 is 39.2. The molecular formula is C17H21F2N5O2S. The smallest absolute Gasteiger partial charge is 0.185 e. The molecule has 1 aliphatic carbocycles. The Morgan fingerprint density at radius 2 is 2.15 bits per heavy atom. The number of benzene rings is 1. The highest BCUT2D eigenvalue weighted by atomic mass is 32.2. The van der Waals surface area contributed by atoms with Crippen molar-refractivity contribution in [2.45, 2.75) is 37.9 Å². The Kier molecular flexibility index (Phi) is 5.22. The van der Waals surface area contributed by atoms with Crippen LogP contribution in [0.15, 0.2) is 24.4 Å². The van der Waals surface area contributed by atoms with Crippen LogP contribution in [0.3, 0.4) is 0 Å².